The number of hydrogen-bond donors (Lipinski definition) is 1. The van der Waals surface area contributed by atoms with E-state index >= 15 is 0 Å². The summed E-state index contributed by atoms with van der Waals surface area (Å²) in [5.74, 6) is -1.18. The number of fused-ring (bicyclic) bond motifs is 1. The highest BCUT2D eigenvalue weighted by atomic mass is 35.5. The molecular weight excluding hydrogens is 324 g/mol. The van der Waals surface area contributed by atoms with Crippen molar-refractivity contribution in [1.82, 2.24) is 4.90 Å². The van der Waals surface area contributed by atoms with Crippen molar-refractivity contribution in [3.63, 3.8) is 0 Å². The molecule has 4 nitrogen and oxygen atoms in total. The number of amides is 2. The fourth-order valence-corrected chi connectivity index (χ4v) is 3.42. The van der Waals surface area contributed by atoms with E-state index < -0.39 is 11.8 Å². The SMILES string of the molecule is Cc1cc(C)c(NC(=O)C(=O)N2CCc3ccccc3C2)c(Cl)c1. The summed E-state index contributed by atoms with van der Waals surface area (Å²) in [7, 11) is 0. The van der Waals surface area contributed by atoms with Crippen molar-refractivity contribution < 1.29 is 9.59 Å². The van der Waals surface area contributed by atoms with Crippen LogP contribution in [-0.2, 0) is 22.6 Å². The molecular formula is C19H19ClN2O2. The lowest BCUT2D eigenvalue weighted by molar-refractivity contribution is -0.143. The van der Waals surface area contributed by atoms with Crippen molar-refractivity contribution in [3.8, 4) is 0 Å². The molecule has 0 fully saturated rings. The van der Waals surface area contributed by atoms with Crippen molar-refractivity contribution in [1.29, 1.82) is 0 Å². The Hall–Kier alpha value is -2.33. The van der Waals surface area contributed by atoms with Gasteiger partial charge in [0.1, 0.15) is 0 Å². The standard InChI is InChI=1S/C19H19ClN2O2/c1-12-9-13(2)17(16(20)10-12)21-18(23)19(24)22-8-7-14-5-3-4-6-15(14)11-22/h3-6,9-10H,7-8,11H2,1-2H3,(H,21,23). The number of nitrogens with zero attached hydrogens (tertiary/aromatic N) is 1. The largest absolute Gasteiger partial charge is 0.330 e. The van der Waals surface area contributed by atoms with E-state index in [1.54, 1.807) is 11.0 Å². The maximum atomic E-state index is 12.5. The molecule has 0 aliphatic carbocycles. The van der Waals surface area contributed by atoms with Crippen LogP contribution in [-0.4, -0.2) is 23.3 Å². The summed E-state index contributed by atoms with van der Waals surface area (Å²) in [5, 5.41) is 3.11. The normalized spacial score (nSPS) is 13.4. The van der Waals surface area contributed by atoms with E-state index in [1.165, 1.54) is 5.56 Å². The van der Waals surface area contributed by atoms with Crippen LogP contribution in [0.3, 0.4) is 0 Å². The van der Waals surface area contributed by atoms with E-state index in [2.05, 4.69) is 11.4 Å². The van der Waals surface area contributed by atoms with E-state index in [0.29, 0.717) is 23.8 Å². The lowest BCUT2D eigenvalue weighted by atomic mass is 10.00. The van der Waals surface area contributed by atoms with Gasteiger partial charge in [-0.3, -0.25) is 9.59 Å². The highest BCUT2D eigenvalue weighted by molar-refractivity contribution is 6.41. The number of nitrogens with one attached hydrogen (secondary N) is 1. The summed E-state index contributed by atoms with van der Waals surface area (Å²) in [6, 6.07) is 11.7. The molecule has 2 aromatic carbocycles. The molecule has 1 aliphatic heterocycles. The van der Waals surface area contributed by atoms with Gasteiger partial charge in [-0.2, -0.15) is 0 Å². The molecule has 1 N–H and O–H groups in total. The Bertz CT molecular complexity index is 794. The first-order valence-electron chi connectivity index (χ1n) is 7.89. The minimum Gasteiger partial charge on any atom is -0.330 e. The second-order valence-electron chi connectivity index (χ2n) is 6.14. The summed E-state index contributed by atoms with van der Waals surface area (Å²) in [4.78, 5) is 26.4. The second-order valence-corrected chi connectivity index (χ2v) is 6.55. The van der Waals surface area contributed by atoms with Crippen LogP contribution in [0.2, 0.25) is 5.02 Å². The summed E-state index contributed by atoms with van der Waals surface area (Å²) < 4.78 is 0. The van der Waals surface area contributed by atoms with Crippen LogP contribution in [0.5, 0.6) is 0 Å². The van der Waals surface area contributed by atoms with Gasteiger partial charge in [0.25, 0.3) is 0 Å². The lowest BCUT2D eigenvalue weighted by Crippen LogP contribution is -2.42. The predicted octanol–water partition coefficient (Wildman–Crippen LogP) is 3.48. The Morgan fingerprint density at radius 3 is 2.54 bits per heavy atom. The molecule has 0 bridgehead atoms. The van der Waals surface area contributed by atoms with E-state index in [-0.39, 0.29) is 0 Å². The maximum Gasteiger partial charge on any atom is 0.313 e. The third-order valence-electron chi connectivity index (χ3n) is 4.28. The molecule has 2 aromatic rings. The smallest absolute Gasteiger partial charge is 0.313 e. The average Bonchev–Trinajstić information content (AvgIpc) is 2.56. The number of rotatable bonds is 1. The number of benzene rings is 2. The van der Waals surface area contributed by atoms with Crippen LogP contribution in [0.25, 0.3) is 0 Å². The molecule has 0 radical (unpaired) electrons. The van der Waals surface area contributed by atoms with E-state index in [4.69, 9.17) is 11.6 Å². The second kappa shape index (κ2) is 6.65. The molecule has 24 heavy (non-hydrogen) atoms. The third-order valence-corrected chi connectivity index (χ3v) is 4.58. The predicted molar refractivity (Wildman–Crippen MR) is 95.1 cm³/mol. The minimum absolute atomic E-state index is 0.442. The third kappa shape index (κ3) is 3.29. The zero-order chi connectivity index (χ0) is 17.3. The van der Waals surface area contributed by atoms with Gasteiger partial charge >= 0.3 is 11.8 Å². The van der Waals surface area contributed by atoms with E-state index in [9.17, 15) is 9.59 Å². The molecule has 0 unspecified atom stereocenters. The zero-order valence-corrected chi connectivity index (χ0v) is 14.5. The number of hydrogen-bond acceptors (Lipinski definition) is 2. The van der Waals surface area contributed by atoms with Crippen molar-refractivity contribution in [3.05, 3.63) is 63.7 Å². The topological polar surface area (TPSA) is 49.4 Å². The summed E-state index contributed by atoms with van der Waals surface area (Å²) >= 11 is 6.20. The summed E-state index contributed by atoms with van der Waals surface area (Å²) in [6.07, 6.45) is 0.763. The molecule has 0 atom stereocenters. The molecule has 0 spiro atoms. The maximum absolute atomic E-state index is 12.5. The highest BCUT2D eigenvalue weighted by Crippen LogP contribution is 2.27. The molecule has 1 aliphatic rings. The van der Waals surface area contributed by atoms with E-state index in [1.807, 2.05) is 38.1 Å². The van der Waals surface area contributed by atoms with Crippen molar-refractivity contribution in [2.24, 2.45) is 0 Å². The number of halogens is 1. The molecule has 0 aromatic heterocycles. The Labute approximate surface area is 146 Å². The zero-order valence-electron chi connectivity index (χ0n) is 13.7. The Balaban J connectivity index is 1.74. The molecule has 5 heteroatoms. The Kier molecular flexibility index (Phi) is 4.58. The summed E-state index contributed by atoms with van der Waals surface area (Å²) in [6.45, 7) is 4.80. The van der Waals surface area contributed by atoms with Gasteiger partial charge in [0, 0.05) is 13.1 Å². The first-order valence-corrected chi connectivity index (χ1v) is 8.27. The fourth-order valence-electron chi connectivity index (χ4n) is 3.05. The Morgan fingerprint density at radius 2 is 1.83 bits per heavy atom. The molecule has 0 saturated carbocycles. The summed E-state index contributed by atoms with van der Waals surface area (Å²) in [5.41, 5.74) is 4.67. The molecule has 1 heterocycles. The van der Waals surface area contributed by atoms with Gasteiger partial charge in [-0.25, -0.2) is 0 Å². The van der Waals surface area contributed by atoms with Crippen LogP contribution in [0.15, 0.2) is 36.4 Å². The van der Waals surface area contributed by atoms with E-state index in [0.717, 1.165) is 23.1 Å². The van der Waals surface area contributed by atoms with Crippen LogP contribution < -0.4 is 5.32 Å². The van der Waals surface area contributed by atoms with Crippen LogP contribution in [0.1, 0.15) is 22.3 Å². The number of aryl methyl sites for hydroxylation is 2. The van der Waals surface area contributed by atoms with Gasteiger partial charge in [-0.1, -0.05) is 41.9 Å². The van der Waals surface area contributed by atoms with Crippen molar-refractivity contribution in [2.45, 2.75) is 26.8 Å². The first kappa shape index (κ1) is 16.5. The minimum atomic E-state index is -0.650. The van der Waals surface area contributed by atoms with Crippen molar-refractivity contribution in [2.75, 3.05) is 11.9 Å². The van der Waals surface area contributed by atoms with Gasteiger partial charge in [0.2, 0.25) is 0 Å². The molecule has 0 saturated heterocycles. The van der Waals surface area contributed by atoms with Gasteiger partial charge < -0.3 is 10.2 Å². The first-order chi connectivity index (χ1) is 11.5. The van der Waals surface area contributed by atoms with Crippen LogP contribution in [0.4, 0.5) is 5.69 Å². The average molecular weight is 343 g/mol. The monoisotopic (exact) mass is 342 g/mol. The van der Waals surface area contributed by atoms with Crippen LogP contribution >= 0.6 is 11.6 Å². The molecule has 3 rings (SSSR count). The number of anilines is 1. The highest BCUT2D eigenvalue weighted by Gasteiger charge is 2.26. The van der Waals surface area contributed by atoms with Crippen molar-refractivity contribution >= 4 is 29.1 Å². The fraction of sp³-hybridized carbons (Fsp3) is 0.263. The number of carbonyl (C=O) groups is 2. The Morgan fingerprint density at radius 1 is 1.12 bits per heavy atom. The van der Waals surface area contributed by atoms with Gasteiger partial charge in [0.15, 0.2) is 0 Å². The molecule has 2 amide bonds. The van der Waals surface area contributed by atoms with Gasteiger partial charge in [-0.05, 0) is 48.6 Å². The lowest BCUT2D eigenvalue weighted by Gasteiger charge is -2.28. The van der Waals surface area contributed by atoms with Crippen LogP contribution in [0, 0.1) is 13.8 Å². The van der Waals surface area contributed by atoms with Gasteiger partial charge in [-0.15, -0.1) is 0 Å². The quantitative estimate of drug-likeness (QED) is 0.807. The number of carbonyl (C=O) groups excluding carboxylic acids is 2. The molecule has 124 valence electrons. The van der Waals surface area contributed by atoms with Gasteiger partial charge in [0.05, 0.1) is 10.7 Å².